The minimum Gasteiger partial charge on any atom is -0.493 e. The average molecular weight is 437 g/mol. The molecular weight excluding hydrogens is 428 g/mol. The fraction of sp³-hybridized carbons (Fsp3) is 0.0714. The number of amides is 1. The molecule has 0 bridgehead atoms. The van der Waals surface area contributed by atoms with Gasteiger partial charge in [-0.3, -0.25) is 4.79 Å². The molecule has 2 aromatic rings. The molecular formula is C14H9Br2ClFNO2. The highest BCUT2D eigenvalue weighted by atomic mass is 79.9. The molecule has 7 heteroatoms. The van der Waals surface area contributed by atoms with Gasteiger partial charge in [0.2, 0.25) is 0 Å². The standard InChI is InChI=1S/C14H9Br2ClFNO2/c1-21-13-11(16)4-7(17)5-12(13)19-14(20)9-3-2-8(18)6-10(9)15/h2-6H,1H3,(H,19,20). The summed E-state index contributed by atoms with van der Waals surface area (Å²) in [6.07, 6.45) is 0. The Balaban J connectivity index is 2.35. The number of rotatable bonds is 3. The van der Waals surface area contributed by atoms with E-state index >= 15 is 0 Å². The fourth-order valence-corrected chi connectivity index (χ4v) is 3.23. The van der Waals surface area contributed by atoms with Crippen molar-refractivity contribution in [1.29, 1.82) is 0 Å². The fourth-order valence-electron chi connectivity index (χ4n) is 1.72. The molecule has 1 N–H and O–H groups in total. The van der Waals surface area contributed by atoms with Crippen molar-refractivity contribution < 1.29 is 13.9 Å². The SMILES string of the molecule is COc1c(Br)cc(Cl)cc1NC(=O)c1ccc(F)cc1Br. The summed E-state index contributed by atoms with van der Waals surface area (Å²) < 4.78 is 19.3. The number of ether oxygens (including phenoxy) is 1. The third-order valence-electron chi connectivity index (χ3n) is 2.64. The smallest absolute Gasteiger partial charge is 0.256 e. The van der Waals surface area contributed by atoms with Gasteiger partial charge in [0.1, 0.15) is 5.82 Å². The zero-order valence-corrected chi connectivity index (χ0v) is 14.6. The Hall–Kier alpha value is -1.11. The van der Waals surface area contributed by atoms with E-state index in [4.69, 9.17) is 16.3 Å². The molecule has 0 heterocycles. The molecule has 0 aliphatic heterocycles. The number of hydrogen-bond acceptors (Lipinski definition) is 2. The van der Waals surface area contributed by atoms with Gasteiger partial charge < -0.3 is 10.1 Å². The van der Waals surface area contributed by atoms with Gasteiger partial charge in [-0.05, 0) is 62.2 Å². The third kappa shape index (κ3) is 3.75. The number of hydrogen-bond donors (Lipinski definition) is 1. The minimum atomic E-state index is -0.429. The Kier molecular flexibility index (Phi) is 5.24. The van der Waals surface area contributed by atoms with Crippen LogP contribution in [0.2, 0.25) is 5.02 Å². The predicted octanol–water partition coefficient (Wildman–Crippen LogP) is 5.27. The van der Waals surface area contributed by atoms with E-state index in [2.05, 4.69) is 37.2 Å². The van der Waals surface area contributed by atoms with Gasteiger partial charge in [0, 0.05) is 9.50 Å². The lowest BCUT2D eigenvalue weighted by molar-refractivity contribution is 0.102. The lowest BCUT2D eigenvalue weighted by Gasteiger charge is -2.13. The zero-order chi connectivity index (χ0) is 15.6. The largest absolute Gasteiger partial charge is 0.493 e. The van der Waals surface area contributed by atoms with Crippen LogP contribution in [0.25, 0.3) is 0 Å². The van der Waals surface area contributed by atoms with Crippen molar-refractivity contribution in [2.75, 3.05) is 12.4 Å². The molecule has 0 aliphatic carbocycles. The number of carbonyl (C=O) groups is 1. The van der Waals surface area contributed by atoms with Gasteiger partial charge >= 0.3 is 0 Å². The molecule has 2 rings (SSSR count). The monoisotopic (exact) mass is 435 g/mol. The first kappa shape index (κ1) is 16.3. The Morgan fingerprint density at radius 1 is 1.24 bits per heavy atom. The van der Waals surface area contributed by atoms with Crippen molar-refractivity contribution in [3.05, 3.63) is 55.7 Å². The van der Waals surface area contributed by atoms with E-state index in [0.717, 1.165) is 0 Å². The highest BCUT2D eigenvalue weighted by Crippen LogP contribution is 2.36. The molecule has 0 saturated carbocycles. The molecule has 0 aliphatic rings. The van der Waals surface area contributed by atoms with Crippen LogP contribution in [0.4, 0.5) is 10.1 Å². The minimum absolute atomic E-state index is 0.301. The van der Waals surface area contributed by atoms with Crippen molar-refractivity contribution in [3.63, 3.8) is 0 Å². The summed E-state index contributed by atoms with van der Waals surface area (Å²) in [5.74, 6) is -0.387. The van der Waals surface area contributed by atoms with E-state index < -0.39 is 11.7 Å². The molecule has 0 spiro atoms. The Morgan fingerprint density at radius 3 is 2.57 bits per heavy atom. The number of carbonyl (C=O) groups excluding carboxylic acids is 1. The first-order chi connectivity index (χ1) is 9.92. The van der Waals surface area contributed by atoms with Gasteiger partial charge in [-0.2, -0.15) is 0 Å². The highest BCUT2D eigenvalue weighted by molar-refractivity contribution is 9.10. The second-order valence-electron chi connectivity index (χ2n) is 4.05. The summed E-state index contributed by atoms with van der Waals surface area (Å²) in [7, 11) is 1.48. The Labute approximate surface area is 142 Å². The predicted molar refractivity (Wildman–Crippen MR) is 87.8 cm³/mol. The van der Waals surface area contributed by atoms with Gasteiger partial charge in [-0.15, -0.1) is 0 Å². The molecule has 1 amide bonds. The maximum Gasteiger partial charge on any atom is 0.256 e. The number of anilines is 1. The van der Waals surface area contributed by atoms with E-state index in [1.807, 2.05) is 0 Å². The Morgan fingerprint density at radius 2 is 1.95 bits per heavy atom. The molecule has 21 heavy (non-hydrogen) atoms. The third-order valence-corrected chi connectivity index (χ3v) is 4.10. The quantitative estimate of drug-likeness (QED) is 0.711. The summed E-state index contributed by atoms with van der Waals surface area (Å²) >= 11 is 12.4. The lowest BCUT2D eigenvalue weighted by atomic mass is 10.2. The van der Waals surface area contributed by atoms with Gasteiger partial charge in [0.05, 0.1) is 22.8 Å². The lowest BCUT2D eigenvalue weighted by Crippen LogP contribution is -2.13. The normalized spacial score (nSPS) is 10.3. The van der Waals surface area contributed by atoms with Crippen LogP contribution in [0.3, 0.4) is 0 Å². The molecule has 0 radical (unpaired) electrons. The van der Waals surface area contributed by atoms with Crippen molar-refractivity contribution in [2.24, 2.45) is 0 Å². The summed E-state index contributed by atoms with van der Waals surface area (Å²) in [6.45, 7) is 0. The number of benzene rings is 2. The zero-order valence-electron chi connectivity index (χ0n) is 10.7. The summed E-state index contributed by atoms with van der Waals surface area (Å²) in [6, 6.07) is 7.05. The van der Waals surface area contributed by atoms with E-state index in [0.29, 0.717) is 31.0 Å². The van der Waals surface area contributed by atoms with Crippen molar-refractivity contribution in [2.45, 2.75) is 0 Å². The average Bonchev–Trinajstić information content (AvgIpc) is 2.37. The molecule has 0 saturated heterocycles. The molecule has 3 nitrogen and oxygen atoms in total. The molecule has 0 unspecified atom stereocenters. The van der Waals surface area contributed by atoms with Crippen LogP contribution in [0.1, 0.15) is 10.4 Å². The van der Waals surface area contributed by atoms with Crippen LogP contribution in [-0.4, -0.2) is 13.0 Å². The maximum absolute atomic E-state index is 13.1. The number of halogens is 4. The second-order valence-corrected chi connectivity index (χ2v) is 6.19. The second kappa shape index (κ2) is 6.77. The van der Waals surface area contributed by atoms with E-state index in [-0.39, 0.29) is 0 Å². The molecule has 0 fully saturated rings. The van der Waals surface area contributed by atoms with Gasteiger partial charge in [-0.25, -0.2) is 4.39 Å². The van der Waals surface area contributed by atoms with Gasteiger partial charge in [0.15, 0.2) is 5.75 Å². The highest BCUT2D eigenvalue weighted by Gasteiger charge is 2.15. The van der Waals surface area contributed by atoms with Crippen molar-refractivity contribution >= 4 is 55.1 Å². The van der Waals surface area contributed by atoms with E-state index in [1.165, 1.54) is 25.3 Å². The number of nitrogens with one attached hydrogen (secondary N) is 1. The number of methoxy groups -OCH3 is 1. The molecule has 2 aromatic carbocycles. The molecule has 110 valence electrons. The van der Waals surface area contributed by atoms with E-state index in [9.17, 15) is 9.18 Å². The maximum atomic E-state index is 13.1. The van der Waals surface area contributed by atoms with Crippen molar-refractivity contribution in [1.82, 2.24) is 0 Å². The van der Waals surface area contributed by atoms with Crippen LogP contribution in [0.5, 0.6) is 5.75 Å². The topological polar surface area (TPSA) is 38.3 Å². The van der Waals surface area contributed by atoms with E-state index in [1.54, 1.807) is 12.1 Å². The molecule has 0 atom stereocenters. The van der Waals surface area contributed by atoms with Gasteiger partial charge in [-0.1, -0.05) is 11.6 Å². The van der Waals surface area contributed by atoms with Crippen LogP contribution in [0, 0.1) is 5.82 Å². The summed E-state index contributed by atoms with van der Waals surface area (Å²) in [5, 5.41) is 3.13. The first-order valence-electron chi connectivity index (χ1n) is 5.72. The Bertz CT molecular complexity index is 710. The van der Waals surface area contributed by atoms with Crippen molar-refractivity contribution in [3.8, 4) is 5.75 Å². The first-order valence-corrected chi connectivity index (χ1v) is 7.68. The summed E-state index contributed by atoms with van der Waals surface area (Å²) in [4.78, 5) is 12.3. The molecule has 0 aromatic heterocycles. The van der Waals surface area contributed by atoms with Gasteiger partial charge in [0.25, 0.3) is 5.91 Å². The van der Waals surface area contributed by atoms with Crippen LogP contribution >= 0.6 is 43.5 Å². The van der Waals surface area contributed by atoms with Crippen LogP contribution < -0.4 is 10.1 Å². The van der Waals surface area contributed by atoms with Crippen LogP contribution in [-0.2, 0) is 0 Å². The summed E-state index contributed by atoms with van der Waals surface area (Å²) in [5.41, 5.74) is 0.715. The van der Waals surface area contributed by atoms with Crippen LogP contribution in [0.15, 0.2) is 39.3 Å².